The van der Waals surface area contributed by atoms with Crippen molar-refractivity contribution in [2.75, 3.05) is 13.4 Å². The van der Waals surface area contributed by atoms with Gasteiger partial charge in [0.25, 0.3) is 0 Å². The van der Waals surface area contributed by atoms with Crippen LogP contribution in [0.5, 0.6) is 0 Å². The van der Waals surface area contributed by atoms with Crippen molar-refractivity contribution in [3.05, 3.63) is 24.3 Å². The minimum absolute atomic E-state index is 0.0309. The highest BCUT2D eigenvalue weighted by Gasteiger charge is 2.07. The minimum Gasteiger partial charge on any atom is -0.435 e. The highest BCUT2D eigenvalue weighted by molar-refractivity contribution is 5.87. The highest BCUT2D eigenvalue weighted by atomic mass is 16.7. The lowest BCUT2D eigenvalue weighted by Gasteiger charge is -2.07. The summed E-state index contributed by atoms with van der Waals surface area (Å²) in [5, 5.41) is 0. The maximum Gasteiger partial charge on any atom is 0.335 e. The van der Waals surface area contributed by atoms with E-state index in [2.05, 4.69) is 20.1 Å². The molecule has 0 fully saturated rings. The molecule has 0 amide bonds. The Bertz CT molecular complexity index is 231. The zero-order valence-electron chi connectivity index (χ0n) is 9.67. The Labute approximate surface area is 91.8 Å². The van der Waals surface area contributed by atoms with Gasteiger partial charge in [-0.2, -0.15) is 0 Å². The van der Waals surface area contributed by atoms with Crippen LogP contribution in [0.25, 0.3) is 0 Å². The number of unbranched alkanes of at least 4 members (excludes halogenated alkanes) is 1. The minimum atomic E-state index is -0.370. The standard InChI is InChI=1S/C12H20O3/c1-5-6-7-11(4)12(13)15-9-14-8-10(2)3/h2,4-9H2,1,3H3. The molecule has 0 aliphatic carbocycles. The molecular weight excluding hydrogens is 192 g/mol. The second-order valence-corrected chi connectivity index (χ2v) is 3.56. The summed E-state index contributed by atoms with van der Waals surface area (Å²) in [7, 11) is 0. The van der Waals surface area contributed by atoms with Gasteiger partial charge in [-0.15, -0.1) is 0 Å². The van der Waals surface area contributed by atoms with Crippen LogP contribution in [0.15, 0.2) is 24.3 Å². The Hall–Kier alpha value is -1.09. The van der Waals surface area contributed by atoms with Crippen molar-refractivity contribution in [2.45, 2.75) is 33.1 Å². The zero-order valence-corrected chi connectivity index (χ0v) is 9.67. The molecule has 0 heterocycles. The molecule has 3 nitrogen and oxygen atoms in total. The number of carbonyl (C=O) groups is 1. The van der Waals surface area contributed by atoms with Crippen LogP contribution in [0.1, 0.15) is 33.1 Å². The molecule has 0 rings (SSSR count). The lowest BCUT2D eigenvalue weighted by Crippen LogP contribution is -2.11. The van der Waals surface area contributed by atoms with Gasteiger partial charge in [0, 0.05) is 5.57 Å². The fourth-order valence-corrected chi connectivity index (χ4v) is 0.905. The fourth-order valence-electron chi connectivity index (χ4n) is 0.905. The Balaban J connectivity index is 3.55. The molecule has 0 aliphatic heterocycles. The predicted octanol–water partition coefficient (Wildman–Crippen LogP) is 2.83. The maximum absolute atomic E-state index is 11.3. The third-order valence-electron chi connectivity index (χ3n) is 1.74. The lowest BCUT2D eigenvalue weighted by atomic mass is 10.1. The van der Waals surface area contributed by atoms with Crippen molar-refractivity contribution in [2.24, 2.45) is 0 Å². The van der Waals surface area contributed by atoms with Gasteiger partial charge in [-0.1, -0.05) is 32.1 Å². The molecule has 0 atom stereocenters. The summed E-state index contributed by atoms with van der Waals surface area (Å²) < 4.78 is 9.89. The molecule has 0 N–H and O–H groups in total. The van der Waals surface area contributed by atoms with E-state index in [1.165, 1.54) is 0 Å². The van der Waals surface area contributed by atoms with E-state index in [-0.39, 0.29) is 12.8 Å². The number of hydrogen-bond acceptors (Lipinski definition) is 3. The first-order valence-electron chi connectivity index (χ1n) is 5.15. The van der Waals surface area contributed by atoms with Gasteiger partial charge in [0.15, 0.2) is 6.79 Å². The molecule has 15 heavy (non-hydrogen) atoms. The van der Waals surface area contributed by atoms with Crippen molar-refractivity contribution < 1.29 is 14.3 Å². The zero-order chi connectivity index (χ0) is 11.7. The van der Waals surface area contributed by atoms with Gasteiger partial charge in [-0.25, -0.2) is 4.79 Å². The van der Waals surface area contributed by atoms with E-state index < -0.39 is 0 Å². The molecule has 3 heteroatoms. The van der Waals surface area contributed by atoms with Crippen LogP contribution in [0.4, 0.5) is 0 Å². The van der Waals surface area contributed by atoms with E-state index in [1.54, 1.807) is 0 Å². The summed E-state index contributed by atoms with van der Waals surface area (Å²) in [5.41, 5.74) is 1.41. The van der Waals surface area contributed by atoms with Crippen molar-refractivity contribution in [3.63, 3.8) is 0 Å². The van der Waals surface area contributed by atoms with Crippen molar-refractivity contribution in [1.29, 1.82) is 0 Å². The van der Waals surface area contributed by atoms with Gasteiger partial charge in [0.2, 0.25) is 0 Å². The molecule has 0 saturated heterocycles. The van der Waals surface area contributed by atoms with Crippen LogP contribution in [-0.4, -0.2) is 19.4 Å². The van der Waals surface area contributed by atoms with Crippen LogP contribution in [0.3, 0.4) is 0 Å². The number of esters is 1. The van der Waals surface area contributed by atoms with E-state index in [0.717, 1.165) is 18.4 Å². The Kier molecular flexibility index (Phi) is 7.64. The Morgan fingerprint density at radius 1 is 1.33 bits per heavy atom. The highest BCUT2D eigenvalue weighted by Crippen LogP contribution is 2.06. The van der Waals surface area contributed by atoms with Gasteiger partial charge in [-0.3, -0.25) is 0 Å². The summed E-state index contributed by atoms with van der Waals surface area (Å²) in [6.07, 6.45) is 2.69. The summed E-state index contributed by atoms with van der Waals surface area (Å²) in [6, 6.07) is 0. The van der Waals surface area contributed by atoms with Crippen molar-refractivity contribution in [3.8, 4) is 0 Å². The molecule has 0 aliphatic rings. The Morgan fingerprint density at radius 3 is 2.53 bits per heavy atom. The molecule has 0 spiro atoms. The maximum atomic E-state index is 11.3. The topological polar surface area (TPSA) is 35.5 Å². The van der Waals surface area contributed by atoms with Crippen molar-refractivity contribution >= 4 is 5.97 Å². The van der Waals surface area contributed by atoms with Gasteiger partial charge in [-0.05, 0) is 19.8 Å². The molecule has 86 valence electrons. The van der Waals surface area contributed by atoms with Crippen molar-refractivity contribution in [1.82, 2.24) is 0 Å². The normalized spacial score (nSPS) is 9.73. The summed E-state index contributed by atoms with van der Waals surface area (Å²) >= 11 is 0. The van der Waals surface area contributed by atoms with Crippen LogP contribution >= 0.6 is 0 Å². The van der Waals surface area contributed by atoms with Gasteiger partial charge >= 0.3 is 5.97 Å². The molecule has 0 bridgehead atoms. The van der Waals surface area contributed by atoms with Crippen LogP contribution < -0.4 is 0 Å². The van der Waals surface area contributed by atoms with E-state index in [4.69, 9.17) is 9.47 Å². The van der Waals surface area contributed by atoms with Crippen LogP contribution in [0.2, 0.25) is 0 Å². The molecule has 0 aromatic carbocycles. The summed E-state index contributed by atoms with van der Waals surface area (Å²) in [6.45, 7) is 11.6. The van der Waals surface area contributed by atoms with E-state index >= 15 is 0 Å². The third-order valence-corrected chi connectivity index (χ3v) is 1.74. The monoisotopic (exact) mass is 212 g/mol. The average Bonchev–Trinajstić information content (AvgIpc) is 2.20. The summed E-state index contributed by atoms with van der Waals surface area (Å²) in [5.74, 6) is -0.370. The van der Waals surface area contributed by atoms with Gasteiger partial charge < -0.3 is 9.47 Å². The number of ether oxygens (including phenoxy) is 2. The van der Waals surface area contributed by atoms with E-state index in [1.807, 2.05) is 6.92 Å². The molecular formula is C12H20O3. The molecule has 0 radical (unpaired) electrons. The van der Waals surface area contributed by atoms with Gasteiger partial charge in [0.05, 0.1) is 6.61 Å². The third kappa shape index (κ3) is 7.94. The first kappa shape index (κ1) is 13.9. The molecule has 0 aromatic heterocycles. The van der Waals surface area contributed by atoms with E-state index in [0.29, 0.717) is 18.6 Å². The van der Waals surface area contributed by atoms with Crippen LogP contribution in [-0.2, 0) is 14.3 Å². The van der Waals surface area contributed by atoms with E-state index in [9.17, 15) is 4.79 Å². The quantitative estimate of drug-likeness (QED) is 0.204. The number of rotatable bonds is 8. The number of hydrogen-bond donors (Lipinski definition) is 0. The average molecular weight is 212 g/mol. The van der Waals surface area contributed by atoms with Gasteiger partial charge in [0.1, 0.15) is 0 Å². The predicted molar refractivity (Wildman–Crippen MR) is 60.4 cm³/mol. The smallest absolute Gasteiger partial charge is 0.335 e. The molecule has 0 aromatic rings. The van der Waals surface area contributed by atoms with Crippen LogP contribution in [0, 0.1) is 0 Å². The first-order valence-corrected chi connectivity index (χ1v) is 5.15. The molecule has 0 saturated carbocycles. The first-order chi connectivity index (χ1) is 7.07. The fraction of sp³-hybridized carbons (Fsp3) is 0.583. The summed E-state index contributed by atoms with van der Waals surface area (Å²) in [4.78, 5) is 11.3. The largest absolute Gasteiger partial charge is 0.435 e. The second kappa shape index (κ2) is 8.24. The molecule has 0 unspecified atom stereocenters. The SMILES string of the molecule is C=C(C)COCOC(=O)C(=C)CCCC. The lowest BCUT2D eigenvalue weighted by molar-refractivity contribution is -0.150. The second-order valence-electron chi connectivity index (χ2n) is 3.56. The number of carbonyl (C=O) groups excluding carboxylic acids is 1. The Morgan fingerprint density at radius 2 is 2.00 bits per heavy atom.